The van der Waals surface area contributed by atoms with Crippen LogP contribution in [0.3, 0.4) is 0 Å². The maximum absolute atomic E-state index is 12.9. The van der Waals surface area contributed by atoms with E-state index in [0.29, 0.717) is 39.0 Å². The topological polar surface area (TPSA) is 79.0 Å². The lowest BCUT2D eigenvalue weighted by Gasteiger charge is -2.39. The van der Waals surface area contributed by atoms with Gasteiger partial charge in [0.25, 0.3) is 10.2 Å². The van der Waals surface area contributed by atoms with Crippen molar-refractivity contribution in [3.8, 4) is 0 Å². The summed E-state index contributed by atoms with van der Waals surface area (Å²) in [4.78, 5) is 12.0. The summed E-state index contributed by atoms with van der Waals surface area (Å²) in [7, 11) is -3.61. The lowest BCUT2D eigenvalue weighted by molar-refractivity contribution is -0.147. The summed E-state index contributed by atoms with van der Waals surface area (Å²) in [5.41, 5.74) is 0. The van der Waals surface area contributed by atoms with Crippen LogP contribution in [0.4, 0.5) is 0 Å². The molecule has 1 N–H and O–H groups in total. The number of hydrogen-bond donors (Lipinski definition) is 1. The largest absolute Gasteiger partial charge is 0.465 e. The highest BCUT2D eigenvalue weighted by molar-refractivity contribution is 7.86. The normalized spacial score (nSPS) is 24.2. The van der Waals surface area contributed by atoms with E-state index in [1.54, 1.807) is 11.2 Å². The van der Waals surface area contributed by atoms with Crippen molar-refractivity contribution in [2.45, 2.75) is 45.2 Å². The number of nitrogens with one attached hydrogen (secondary N) is 1. The van der Waals surface area contributed by atoms with Crippen molar-refractivity contribution >= 4 is 16.2 Å². The monoisotopic (exact) mass is 319 g/mol. The molecule has 2 saturated heterocycles. The third-order valence-electron chi connectivity index (χ3n) is 3.97. The van der Waals surface area contributed by atoms with Crippen LogP contribution in [0.1, 0.15) is 33.1 Å². The number of rotatable bonds is 7. The van der Waals surface area contributed by atoms with Crippen LogP contribution in [0.2, 0.25) is 0 Å². The molecule has 8 heteroatoms. The molecule has 2 aliphatic heterocycles. The standard InChI is InChI=1S/C13H25N3O4S/c1-3-7-15(11-9-14-10-11)21(18,19)16-8-5-6-12(16)13(17)20-4-2/h11-12,14H,3-10H2,1-2H3. The lowest BCUT2D eigenvalue weighted by atomic mass is 10.2. The zero-order chi connectivity index (χ0) is 15.5. The molecule has 0 spiro atoms. The molecule has 0 aromatic rings. The van der Waals surface area contributed by atoms with Crippen LogP contribution in [-0.2, 0) is 19.7 Å². The highest BCUT2D eigenvalue weighted by Crippen LogP contribution is 2.26. The molecule has 0 aromatic carbocycles. The van der Waals surface area contributed by atoms with Crippen molar-refractivity contribution in [3.05, 3.63) is 0 Å². The van der Waals surface area contributed by atoms with Gasteiger partial charge in [0, 0.05) is 26.2 Å². The van der Waals surface area contributed by atoms with Crippen LogP contribution < -0.4 is 5.32 Å². The maximum Gasteiger partial charge on any atom is 0.324 e. The molecule has 2 rings (SSSR count). The van der Waals surface area contributed by atoms with E-state index in [2.05, 4.69) is 5.32 Å². The van der Waals surface area contributed by atoms with Crippen molar-refractivity contribution in [2.24, 2.45) is 0 Å². The summed E-state index contributed by atoms with van der Waals surface area (Å²) in [6.07, 6.45) is 2.00. The first-order chi connectivity index (χ1) is 10.0. The van der Waals surface area contributed by atoms with Gasteiger partial charge in [-0.25, -0.2) is 0 Å². The van der Waals surface area contributed by atoms with E-state index in [9.17, 15) is 13.2 Å². The molecule has 2 heterocycles. The molecule has 0 aromatic heterocycles. The second-order valence-electron chi connectivity index (χ2n) is 5.45. The minimum atomic E-state index is -3.61. The Bertz CT molecular complexity index is 464. The molecule has 0 radical (unpaired) electrons. The third-order valence-corrected chi connectivity index (χ3v) is 6.07. The van der Waals surface area contributed by atoms with E-state index in [4.69, 9.17) is 4.74 Å². The predicted octanol–water partition coefficient (Wildman–Crippen LogP) is -0.0575. The first-order valence-electron chi connectivity index (χ1n) is 7.68. The summed E-state index contributed by atoms with van der Waals surface area (Å²) in [6, 6.07) is -0.666. The molecule has 1 atom stereocenters. The van der Waals surface area contributed by atoms with E-state index in [1.807, 2.05) is 6.92 Å². The Hall–Kier alpha value is -0.700. The number of carbonyl (C=O) groups is 1. The zero-order valence-electron chi connectivity index (χ0n) is 12.7. The molecule has 2 aliphatic rings. The summed E-state index contributed by atoms with van der Waals surface area (Å²) >= 11 is 0. The van der Waals surface area contributed by atoms with Gasteiger partial charge in [0.1, 0.15) is 6.04 Å². The second kappa shape index (κ2) is 7.04. The second-order valence-corrected chi connectivity index (χ2v) is 7.29. The lowest BCUT2D eigenvalue weighted by Crippen LogP contribution is -2.62. The van der Waals surface area contributed by atoms with E-state index >= 15 is 0 Å². The SMILES string of the molecule is CCCN(C1CNC1)S(=O)(=O)N1CCCC1C(=O)OCC. The van der Waals surface area contributed by atoms with Gasteiger partial charge in [-0.3, -0.25) is 4.79 Å². The number of hydrogen-bond acceptors (Lipinski definition) is 5. The Balaban J connectivity index is 2.17. The minimum absolute atomic E-state index is 0.00149. The molecule has 0 aliphatic carbocycles. The molecule has 0 bridgehead atoms. The summed E-state index contributed by atoms with van der Waals surface area (Å²) in [5.74, 6) is -0.429. The van der Waals surface area contributed by atoms with E-state index in [1.165, 1.54) is 4.31 Å². The molecule has 0 saturated carbocycles. The number of esters is 1. The summed E-state index contributed by atoms with van der Waals surface area (Å²) in [5, 5.41) is 3.10. The smallest absolute Gasteiger partial charge is 0.324 e. The average molecular weight is 319 g/mol. The van der Waals surface area contributed by atoms with Crippen LogP contribution in [0, 0.1) is 0 Å². The highest BCUT2D eigenvalue weighted by Gasteiger charge is 2.44. The van der Waals surface area contributed by atoms with Crippen molar-refractivity contribution < 1.29 is 17.9 Å². The predicted molar refractivity (Wildman–Crippen MR) is 78.9 cm³/mol. The van der Waals surface area contributed by atoms with Crippen molar-refractivity contribution in [2.75, 3.05) is 32.8 Å². The van der Waals surface area contributed by atoms with Gasteiger partial charge in [-0.1, -0.05) is 6.92 Å². The van der Waals surface area contributed by atoms with E-state index in [-0.39, 0.29) is 12.6 Å². The Morgan fingerprint density at radius 3 is 2.62 bits per heavy atom. The van der Waals surface area contributed by atoms with Crippen LogP contribution >= 0.6 is 0 Å². The summed E-state index contributed by atoms with van der Waals surface area (Å²) < 4.78 is 33.7. The minimum Gasteiger partial charge on any atom is -0.465 e. The quantitative estimate of drug-likeness (QED) is 0.665. The fourth-order valence-corrected chi connectivity index (χ4v) is 4.89. The maximum atomic E-state index is 12.9. The first-order valence-corrected chi connectivity index (χ1v) is 9.08. The van der Waals surface area contributed by atoms with Crippen LogP contribution in [-0.4, -0.2) is 67.9 Å². The molecule has 2 fully saturated rings. The Morgan fingerprint density at radius 2 is 2.10 bits per heavy atom. The average Bonchev–Trinajstić information content (AvgIpc) is 2.86. The first kappa shape index (κ1) is 16.7. The number of nitrogens with zero attached hydrogens (tertiary/aromatic N) is 2. The molecule has 21 heavy (non-hydrogen) atoms. The Morgan fingerprint density at radius 1 is 1.38 bits per heavy atom. The Labute approximate surface area is 126 Å². The van der Waals surface area contributed by atoms with Gasteiger partial charge in [0.2, 0.25) is 0 Å². The number of ether oxygens (including phenoxy) is 1. The summed E-state index contributed by atoms with van der Waals surface area (Å²) in [6.45, 7) is 6.20. The third kappa shape index (κ3) is 3.39. The fraction of sp³-hybridized carbons (Fsp3) is 0.923. The van der Waals surface area contributed by atoms with Crippen molar-refractivity contribution in [3.63, 3.8) is 0 Å². The number of carbonyl (C=O) groups excluding carboxylic acids is 1. The van der Waals surface area contributed by atoms with Crippen LogP contribution in [0.5, 0.6) is 0 Å². The molecular weight excluding hydrogens is 294 g/mol. The van der Waals surface area contributed by atoms with Gasteiger partial charge in [-0.15, -0.1) is 0 Å². The van der Waals surface area contributed by atoms with Gasteiger partial charge in [-0.05, 0) is 26.2 Å². The molecule has 1 unspecified atom stereocenters. The van der Waals surface area contributed by atoms with Gasteiger partial charge in [0.15, 0.2) is 0 Å². The van der Waals surface area contributed by atoms with Gasteiger partial charge in [0.05, 0.1) is 12.6 Å². The van der Waals surface area contributed by atoms with E-state index < -0.39 is 22.2 Å². The van der Waals surface area contributed by atoms with Gasteiger partial charge >= 0.3 is 5.97 Å². The molecular formula is C13H25N3O4S. The zero-order valence-corrected chi connectivity index (χ0v) is 13.6. The fourth-order valence-electron chi connectivity index (χ4n) is 2.81. The van der Waals surface area contributed by atoms with E-state index in [0.717, 1.165) is 6.42 Å². The van der Waals surface area contributed by atoms with Gasteiger partial charge < -0.3 is 10.1 Å². The Kier molecular flexibility index (Phi) is 5.59. The highest BCUT2D eigenvalue weighted by atomic mass is 32.2. The van der Waals surface area contributed by atoms with Gasteiger partial charge in [-0.2, -0.15) is 17.0 Å². The van der Waals surface area contributed by atoms with Crippen LogP contribution in [0.25, 0.3) is 0 Å². The molecule has 0 amide bonds. The van der Waals surface area contributed by atoms with Crippen LogP contribution in [0.15, 0.2) is 0 Å². The van der Waals surface area contributed by atoms with Crippen molar-refractivity contribution in [1.82, 2.24) is 13.9 Å². The molecule has 122 valence electrons. The van der Waals surface area contributed by atoms with Crippen molar-refractivity contribution in [1.29, 1.82) is 0 Å². The molecule has 7 nitrogen and oxygen atoms in total.